The summed E-state index contributed by atoms with van der Waals surface area (Å²) in [4.78, 5) is 3.88. The van der Waals surface area contributed by atoms with Gasteiger partial charge < -0.3 is 9.84 Å². The van der Waals surface area contributed by atoms with E-state index in [1.54, 1.807) is 49.4 Å². The average Bonchev–Trinajstić information content (AvgIpc) is 3.10. The molecule has 1 aromatic heterocycles. The third-order valence-electron chi connectivity index (χ3n) is 3.62. The second-order valence-corrected chi connectivity index (χ2v) is 6.37. The fraction of sp³-hybridized carbons (Fsp3) is 0.158. The van der Waals surface area contributed by atoms with Gasteiger partial charge in [0.05, 0.1) is 11.6 Å². The van der Waals surface area contributed by atoms with E-state index in [0.717, 1.165) is 0 Å². The Morgan fingerprint density at radius 3 is 2.50 bits per heavy atom. The summed E-state index contributed by atoms with van der Waals surface area (Å²) in [5, 5.41) is 16.0. The van der Waals surface area contributed by atoms with Crippen molar-refractivity contribution in [2.45, 2.75) is 19.1 Å². The summed E-state index contributed by atoms with van der Waals surface area (Å²) >= 11 is 12.3. The molecule has 3 rings (SSSR count). The van der Waals surface area contributed by atoms with Crippen LogP contribution >= 0.6 is 23.2 Å². The maximum Gasteiger partial charge on any atom is 0.172 e. The van der Waals surface area contributed by atoms with E-state index in [2.05, 4.69) is 21.9 Å². The van der Waals surface area contributed by atoms with Crippen molar-refractivity contribution in [1.29, 1.82) is 0 Å². The molecule has 0 aliphatic heterocycles. The molecule has 2 aromatic carbocycles. The van der Waals surface area contributed by atoms with Crippen LogP contribution in [0.25, 0.3) is 0 Å². The molecular formula is C19H15Cl2N3O2. The van der Waals surface area contributed by atoms with E-state index in [4.69, 9.17) is 27.9 Å². The first-order chi connectivity index (χ1) is 12.5. The van der Waals surface area contributed by atoms with E-state index in [0.29, 0.717) is 27.1 Å². The standard InChI is InChI=1S/C19H15Cl2N3O2/c1-2-9-19(25,11-24-13-22-12-23-24)17-8-7-16(10-18(17)21)26-15-5-3-14(20)4-6-15/h3-8,10,12-13,25H,11H2,1H3/t19-/m0/s1. The van der Waals surface area contributed by atoms with Gasteiger partial charge in [0, 0.05) is 10.6 Å². The van der Waals surface area contributed by atoms with Crippen LogP contribution in [0.3, 0.4) is 0 Å². The van der Waals surface area contributed by atoms with Crippen LogP contribution in [0.2, 0.25) is 10.0 Å². The van der Waals surface area contributed by atoms with Crippen molar-refractivity contribution in [3.05, 3.63) is 70.7 Å². The van der Waals surface area contributed by atoms with Gasteiger partial charge in [-0.3, -0.25) is 0 Å². The second-order valence-electron chi connectivity index (χ2n) is 5.53. The summed E-state index contributed by atoms with van der Waals surface area (Å²) in [6.07, 6.45) is 2.90. The molecule has 0 fully saturated rings. The predicted octanol–water partition coefficient (Wildman–Crippen LogP) is 4.29. The fourth-order valence-electron chi connectivity index (χ4n) is 2.48. The summed E-state index contributed by atoms with van der Waals surface area (Å²) in [5.41, 5.74) is -1.04. The number of nitrogens with zero attached hydrogens (tertiary/aromatic N) is 3. The molecular weight excluding hydrogens is 373 g/mol. The Bertz CT molecular complexity index is 947. The molecule has 1 atom stereocenters. The zero-order valence-electron chi connectivity index (χ0n) is 13.9. The number of hydrogen-bond acceptors (Lipinski definition) is 4. The molecule has 0 saturated carbocycles. The molecule has 1 heterocycles. The number of rotatable bonds is 5. The van der Waals surface area contributed by atoms with Gasteiger partial charge in [0.2, 0.25) is 0 Å². The van der Waals surface area contributed by atoms with Gasteiger partial charge in [0.25, 0.3) is 0 Å². The minimum absolute atomic E-state index is 0.102. The van der Waals surface area contributed by atoms with Crippen molar-refractivity contribution in [1.82, 2.24) is 14.8 Å². The van der Waals surface area contributed by atoms with Crippen molar-refractivity contribution in [2.24, 2.45) is 0 Å². The van der Waals surface area contributed by atoms with E-state index in [1.165, 1.54) is 17.3 Å². The lowest BCUT2D eigenvalue weighted by Gasteiger charge is -2.24. The van der Waals surface area contributed by atoms with E-state index < -0.39 is 5.60 Å². The molecule has 0 amide bonds. The third-order valence-corrected chi connectivity index (χ3v) is 4.19. The summed E-state index contributed by atoms with van der Waals surface area (Å²) in [6, 6.07) is 12.0. The maximum atomic E-state index is 11.0. The molecule has 3 aromatic rings. The van der Waals surface area contributed by atoms with Crippen LogP contribution in [-0.2, 0) is 12.1 Å². The Balaban J connectivity index is 1.88. The number of benzene rings is 2. The van der Waals surface area contributed by atoms with Gasteiger partial charge in [-0.2, -0.15) is 5.10 Å². The highest BCUT2D eigenvalue weighted by atomic mass is 35.5. The molecule has 0 unspecified atom stereocenters. The van der Waals surface area contributed by atoms with Crippen LogP contribution in [0.15, 0.2) is 55.1 Å². The van der Waals surface area contributed by atoms with Gasteiger partial charge >= 0.3 is 0 Å². The van der Waals surface area contributed by atoms with Crippen molar-refractivity contribution in [3.8, 4) is 23.3 Å². The number of aromatic nitrogens is 3. The largest absolute Gasteiger partial charge is 0.457 e. The lowest BCUT2D eigenvalue weighted by Crippen LogP contribution is -2.30. The van der Waals surface area contributed by atoms with Crippen molar-refractivity contribution in [3.63, 3.8) is 0 Å². The van der Waals surface area contributed by atoms with Crippen LogP contribution in [-0.4, -0.2) is 19.9 Å². The van der Waals surface area contributed by atoms with Crippen LogP contribution in [0.5, 0.6) is 11.5 Å². The Labute approximate surface area is 161 Å². The molecule has 0 saturated heterocycles. The second kappa shape index (κ2) is 7.79. The first-order valence-corrected chi connectivity index (χ1v) is 8.48. The van der Waals surface area contributed by atoms with Gasteiger partial charge in [-0.05, 0) is 49.4 Å². The summed E-state index contributed by atoms with van der Waals surface area (Å²) < 4.78 is 7.26. The normalized spacial score (nSPS) is 12.8. The minimum Gasteiger partial charge on any atom is -0.457 e. The van der Waals surface area contributed by atoms with Crippen LogP contribution in [0, 0.1) is 11.8 Å². The van der Waals surface area contributed by atoms with Crippen LogP contribution in [0.1, 0.15) is 12.5 Å². The zero-order valence-corrected chi connectivity index (χ0v) is 15.4. The molecule has 132 valence electrons. The summed E-state index contributed by atoms with van der Waals surface area (Å²) in [6.45, 7) is 1.75. The number of hydrogen-bond donors (Lipinski definition) is 1. The van der Waals surface area contributed by atoms with E-state index in [1.807, 2.05) is 0 Å². The molecule has 7 heteroatoms. The molecule has 0 bridgehead atoms. The number of halogens is 2. The highest BCUT2D eigenvalue weighted by molar-refractivity contribution is 6.31. The number of ether oxygens (including phenoxy) is 1. The van der Waals surface area contributed by atoms with Crippen LogP contribution in [0.4, 0.5) is 0 Å². The Kier molecular flexibility index (Phi) is 5.48. The highest BCUT2D eigenvalue weighted by Crippen LogP contribution is 2.34. The van der Waals surface area contributed by atoms with Gasteiger partial charge in [0.15, 0.2) is 5.60 Å². The molecule has 26 heavy (non-hydrogen) atoms. The SMILES string of the molecule is CC#C[C@](O)(Cn1cncn1)c1ccc(Oc2ccc(Cl)cc2)cc1Cl. The molecule has 0 aliphatic carbocycles. The summed E-state index contributed by atoms with van der Waals surface area (Å²) in [7, 11) is 0. The molecule has 0 aliphatic rings. The number of aliphatic hydroxyl groups is 1. The molecule has 5 nitrogen and oxygen atoms in total. The first-order valence-electron chi connectivity index (χ1n) is 7.72. The molecule has 1 N–H and O–H groups in total. The molecule has 0 spiro atoms. The van der Waals surface area contributed by atoms with Crippen molar-refractivity contribution >= 4 is 23.2 Å². The third kappa shape index (κ3) is 4.17. The monoisotopic (exact) mass is 387 g/mol. The van der Waals surface area contributed by atoms with Gasteiger partial charge in [-0.15, -0.1) is 5.92 Å². The van der Waals surface area contributed by atoms with E-state index in [9.17, 15) is 5.11 Å². The van der Waals surface area contributed by atoms with Crippen molar-refractivity contribution in [2.75, 3.05) is 0 Å². The van der Waals surface area contributed by atoms with Crippen molar-refractivity contribution < 1.29 is 9.84 Å². The molecule has 0 radical (unpaired) electrons. The highest BCUT2D eigenvalue weighted by Gasteiger charge is 2.30. The maximum absolute atomic E-state index is 11.0. The van der Waals surface area contributed by atoms with Crippen LogP contribution < -0.4 is 4.74 Å². The first kappa shape index (κ1) is 18.3. The quantitative estimate of drug-likeness (QED) is 0.663. The predicted molar refractivity (Wildman–Crippen MR) is 100 cm³/mol. The van der Waals surface area contributed by atoms with Gasteiger partial charge in [-0.25, -0.2) is 9.67 Å². The van der Waals surface area contributed by atoms with E-state index >= 15 is 0 Å². The fourth-order valence-corrected chi connectivity index (χ4v) is 2.93. The topological polar surface area (TPSA) is 60.2 Å². The minimum atomic E-state index is -1.50. The zero-order chi connectivity index (χ0) is 18.6. The Morgan fingerprint density at radius 2 is 1.88 bits per heavy atom. The van der Waals surface area contributed by atoms with E-state index in [-0.39, 0.29) is 6.54 Å². The van der Waals surface area contributed by atoms with Gasteiger partial charge in [0.1, 0.15) is 24.2 Å². The lowest BCUT2D eigenvalue weighted by atomic mass is 9.94. The Morgan fingerprint density at radius 1 is 1.15 bits per heavy atom. The lowest BCUT2D eigenvalue weighted by molar-refractivity contribution is 0.0759. The average molecular weight is 388 g/mol. The van der Waals surface area contributed by atoms with Gasteiger partial charge in [-0.1, -0.05) is 29.1 Å². The smallest absolute Gasteiger partial charge is 0.172 e. The Hall–Kier alpha value is -2.52. The summed E-state index contributed by atoms with van der Waals surface area (Å²) in [5.74, 6) is 6.71.